The lowest BCUT2D eigenvalue weighted by Gasteiger charge is -2.67. The van der Waals surface area contributed by atoms with Crippen LogP contribution in [-0.4, -0.2) is 0 Å². The second-order valence-corrected chi connectivity index (χ2v) is 12.9. The van der Waals surface area contributed by atoms with Crippen molar-refractivity contribution in [1.29, 1.82) is 0 Å². The summed E-state index contributed by atoms with van der Waals surface area (Å²) in [5.41, 5.74) is 1.82. The van der Waals surface area contributed by atoms with Gasteiger partial charge in [0.25, 0.3) is 0 Å². The summed E-state index contributed by atoms with van der Waals surface area (Å²) in [6.45, 7) is 18.4. The van der Waals surface area contributed by atoms with E-state index in [4.69, 9.17) is 0 Å². The molecule has 0 aromatic heterocycles. The largest absolute Gasteiger partial charge is 0.0654 e. The summed E-state index contributed by atoms with van der Waals surface area (Å²) in [5, 5.41) is 0. The SMILES string of the molecule is CCCC(C)C1CCC2C1C(C)CC1C2(C)CCC2C(C)(C)CCCC21C. The maximum atomic E-state index is 2.77. The molecule has 0 heteroatoms. The molecule has 4 fully saturated rings. The van der Waals surface area contributed by atoms with Crippen molar-refractivity contribution in [1.82, 2.24) is 0 Å². The molecule has 0 N–H and O–H groups in total. The van der Waals surface area contributed by atoms with E-state index in [9.17, 15) is 0 Å². The molecule has 0 aliphatic heterocycles. The molecule has 27 heavy (non-hydrogen) atoms. The minimum Gasteiger partial charge on any atom is -0.0654 e. The average Bonchev–Trinajstić information content (AvgIpc) is 3.03. The van der Waals surface area contributed by atoms with Gasteiger partial charge in [0.15, 0.2) is 0 Å². The van der Waals surface area contributed by atoms with Gasteiger partial charge in [0, 0.05) is 0 Å². The predicted molar refractivity (Wildman–Crippen MR) is 118 cm³/mol. The van der Waals surface area contributed by atoms with E-state index in [-0.39, 0.29) is 0 Å². The quantitative estimate of drug-likeness (QED) is 0.467. The molecule has 0 amide bonds. The van der Waals surface area contributed by atoms with Crippen LogP contribution >= 0.6 is 0 Å². The molecular weight excluding hydrogens is 324 g/mol. The van der Waals surface area contributed by atoms with Gasteiger partial charge in [-0.15, -0.1) is 0 Å². The van der Waals surface area contributed by atoms with Crippen LogP contribution in [0.15, 0.2) is 0 Å². The van der Waals surface area contributed by atoms with Crippen LogP contribution in [0.25, 0.3) is 0 Å². The van der Waals surface area contributed by atoms with Crippen LogP contribution in [0.3, 0.4) is 0 Å². The topological polar surface area (TPSA) is 0 Å². The van der Waals surface area contributed by atoms with Gasteiger partial charge >= 0.3 is 0 Å². The molecule has 0 aromatic carbocycles. The molecule has 0 radical (unpaired) electrons. The van der Waals surface area contributed by atoms with Gasteiger partial charge in [-0.2, -0.15) is 0 Å². The Balaban J connectivity index is 1.65. The third kappa shape index (κ3) is 2.89. The number of hydrogen-bond acceptors (Lipinski definition) is 0. The van der Waals surface area contributed by atoms with E-state index < -0.39 is 0 Å². The Labute approximate surface area is 170 Å². The van der Waals surface area contributed by atoms with E-state index in [0.29, 0.717) is 16.2 Å². The first kappa shape index (κ1) is 20.3. The standard InChI is InChI=1S/C27H48/c1-8-10-18(2)20-11-12-21-24(20)19(3)17-23-26(21,6)16-13-22-25(4,5)14-9-15-27(22,23)7/h18-24H,8-17H2,1-7H3. The van der Waals surface area contributed by atoms with Crippen LogP contribution in [0, 0.1) is 57.7 Å². The van der Waals surface area contributed by atoms with Crippen molar-refractivity contribution in [3.63, 3.8) is 0 Å². The molecule has 0 nitrogen and oxygen atoms in total. The van der Waals surface area contributed by atoms with E-state index in [1.165, 1.54) is 57.8 Å². The van der Waals surface area contributed by atoms with Crippen molar-refractivity contribution in [2.45, 2.75) is 113 Å². The third-order valence-corrected chi connectivity index (χ3v) is 11.2. The minimum absolute atomic E-state index is 0.572. The van der Waals surface area contributed by atoms with Crippen molar-refractivity contribution < 1.29 is 0 Å². The molecule has 0 saturated heterocycles. The zero-order chi connectivity index (χ0) is 19.6. The van der Waals surface area contributed by atoms with Gasteiger partial charge in [-0.3, -0.25) is 0 Å². The zero-order valence-corrected chi connectivity index (χ0v) is 19.6. The van der Waals surface area contributed by atoms with Gasteiger partial charge in [-0.05, 0) is 103 Å². The van der Waals surface area contributed by atoms with Gasteiger partial charge in [0.2, 0.25) is 0 Å². The maximum absolute atomic E-state index is 2.77. The Morgan fingerprint density at radius 3 is 2.33 bits per heavy atom. The van der Waals surface area contributed by atoms with Crippen molar-refractivity contribution in [3.8, 4) is 0 Å². The van der Waals surface area contributed by atoms with Gasteiger partial charge in [-0.1, -0.05) is 67.7 Å². The molecular formula is C27H48. The summed E-state index contributed by atoms with van der Waals surface area (Å²) < 4.78 is 0. The second-order valence-electron chi connectivity index (χ2n) is 12.9. The molecule has 0 heterocycles. The Kier molecular flexibility index (Phi) is 5.08. The van der Waals surface area contributed by atoms with E-state index in [0.717, 1.165) is 41.4 Å². The summed E-state index contributed by atoms with van der Waals surface area (Å²) in [5.74, 6) is 6.95. The van der Waals surface area contributed by atoms with E-state index >= 15 is 0 Å². The fourth-order valence-electron chi connectivity index (χ4n) is 10.2. The van der Waals surface area contributed by atoms with Crippen LogP contribution in [-0.2, 0) is 0 Å². The minimum atomic E-state index is 0.572. The first-order valence-electron chi connectivity index (χ1n) is 12.6. The highest BCUT2D eigenvalue weighted by Gasteiger charge is 2.64. The fourth-order valence-corrected chi connectivity index (χ4v) is 10.2. The Hall–Kier alpha value is 0. The molecule has 4 saturated carbocycles. The molecule has 0 spiro atoms. The van der Waals surface area contributed by atoms with Crippen LogP contribution < -0.4 is 0 Å². The number of fused-ring (bicyclic) bond motifs is 5. The van der Waals surface area contributed by atoms with Crippen molar-refractivity contribution in [3.05, 3.63) is 0 Å². The molecule has 4 aliphatic rings. The van der Waals surface area contributed by atoms with Crippen molar-refractivity contribution in [2.75, 3.05) is 0 Å². The summed E-state index contributed by atoms with van der Waals surface area (Å²) in [4.78, 5) is 0. The molecule has 156 valence electrons. The Morgan fingerprint density at radius 2 is 1.63 bits per heavy atom. The molecule has 4 aliphatic carbocycles. The summed E-state index contributed by atoms with van der Waals surface area (Å²) >= 11 is 0. The van der Waals surface area contributed by atoms with Gasteiger partial charge in [-0.25, -0.2) is 0 Å². The lowest BCUT2D eigenvalue weighted by molar-refractivity contribution is -0.184. The van der Waals surface area contributed by atoms with Crippen LogP contribution in [0.2, 0.25) is 0 Å². The first-order chi connectivity index (χ1) is 12.6. The Bertz CT molecular complexity index is 546. The van der Waals surface area contributed by atoms with E-state index in [2.05, 4.69) is 48.5 Å². The molecule has 9 atom stereocenters. The maximum Gasteiger partial charge on any atom is -0.0259 e. The lowest BCUT2D eigenvalue weighted by atomic mass is 9.37. The summed E-state index contributed by atoms with van der Waals surface area (Å²) in [6, 6.07) is 0. The summed E-state index contributed by atoms with van der Waals surface area (Å²) in [6.07, 6.45) is 15.0. The molecule has 0 bridgehead atoms. The Morgan fingerprint density at radius 1 is 0.889 bits per heavy atom. The highest BCUT2D eigenvalue weighted by Crippen LogP contribution is 2.72. The van der Waals surface area contributed by atoms with E-state index in [1.807, 2.05) is 0 Å². The number of rotatable bonds is 3. The van der Waals surface area contributed by atoms with Gasteiger partial charge in [0.05, 0.1) is 0 Å². The van der Waals surface area contributed by atoms with Gasteiger partial charge < -0.3 is 0 Å². The summed E-state index contributed by atoms with van der Waals surface area (Å²) in [7, 11) is 0. The van der Waals surface area contributed by atoms with Crippen LogP contribution in [0.5, 0.6) is 0 Å². The highest BCUT2D eigenvalue weighted by atomic mass is 14.7. The predicted octanol–water partition coefficient (Wildman–Crippen LogP) is 8.35. The highest BCUT2D eigenvalue weighted by molar-refractivity contribution is 5.13. The molecule has 4 rings (SSSR count). The van der Waals surface area contributed by atoms with Crippen molar-refractivity contribution >= 4 is 0 Å². The zero-order valence-electron chi connectivity index (χ0n) is 19.6. The normalized spacial score (nSPS) is 52.6. The lowest BCUT2D eigenvalue weighted by Crippen LogP contribution is -2.60. The van der Waals surface area contributed by atoms with Crippen molar-refractivity contribution in [2.24, 2.45) is 57.7 Å². The molecule has 9 unspecified atom stereocenters. The van der Waals surface area contributed by atoms with E-state index in [1.54, 1.807) is 6.42 Å². The monoisotopic (exact) mass is 372 g/mol. The van der Waals surface area contributed by atoms with Crippen LogP contribution in [0.4, 0.5) is 0 Å². The average molecular weight is 373 g/mol. The molecule has 0 aromatic rings. The number of hydrogen-bond donors (Lipinski definition) is 0. The van der Waals surface area contributed by atoms with Crippen LogP contribution in [0.1, 0.15) is 113 Å². The smallest absolute Gasteiger partial charge is 0.0259 e. The third-order valence-electron chi connectivity index (χ3n) is 11.2. The first-order valence-corrected chi connectivity index (χ1v) is 12.6. The second kappa shape index (κ2) is 6.77. The van der Waals surface area contributed by atoms with Gasteiger partial charge in [0.1, 0.15) is 0 Å². The fraction of sp³-hybridized carbons (Fsp3) is 1.00.